The summed E-state index contributed by atoms with van der Waals surface area (Å²) >= 11 is 3.45. The van der Waals surface area contributed by atoms with E-state index in [9.17, 15) is 0 Å². The lowest BCUT2D eigenvalue weighted by Gasteiger charge is -2.11. The highest BCUT2D eigenvalue weighted by molar-refractivity contribution is 9.10. The van der Waals surface area contributed by atoms with Gasteiger partial charge in [-0.2, -0.15) is 4.98 Å². The van der Waals surface area contributed by atoms with Crippen LogP contribution in [0.15, 0.2) is 65.3 Å². The van der Waals surface area contributed by atoms with Gasteiger partial charge in [0, 0.05) is 16.4 Å². The summed E-state index contributed by atoms with van der Waals surface area (Å²) in [5.74, 6) is 1.94. The Balaban J connectivity index is 1.80. The zero-order valence-corrected chi connectivity index (χ0v) is 14.0. The summed E-state index contributed by atoms with van der Waals surface area (Å²) in [5, 5.41) is 6.41. The van der Waals surface area contributed by atoms with Crippen LogP contribution in [0.5, 0.6) is 5.75 Å². The molecule has 1 heterocycles. The molecule has 0 aliphatic rings. The Kier molecular flexibility index (Phi) is 4.73. The van der Waals surface area contributed by atoms with Crippen LogP contribution in [0.2, 0.25) is 0 Å². The highest BCUT2D eigenvalue weighted by atomic mass is 79.9. The van der Waals surface area contributed by atoms with Crippen LogP contribution in [0, 0.1) is 0 Å². The standard InChI is InChI=1S/C17H15BrN4O/c1-23-15-8-3-2-7-14(15)21-17-19-10-9-16(22-17)20-13-6-4-5-12(18)11-13/h2-11H,1H3,(H2,19,20,21,22). The van der Waals surface area contributed by atoms with Gasteiger partial charge in [-0.3, -0.25) is 0 Å². The molecule has 2 aromatic carbocycles. The number of halogens is 1. The molecule has 0 saturated heterocycles. The largest absolute Gasteiger partial charge is 0.495 e. The topological polar surface area (TPSA) is 59.1 Å². The number of nitrogens with zero attached hydrogens (tertiary/aromatic N) is 2. The third kappa shape index (κ3) is 3.98. The van der Waals surface area contributed by atoms with Crippen molar-refractivity contribution >= 4 is 39.1 Å². The molecule has 0 radical (unpaired) electrons. The van der Waals surface area contributed by atoms with Crippen molar-refractivity contribution in [3.8, 4) is 5.75 Å². The second-order valence-corrected chi connectivity index (χ2v) is 5.64. The van der Waals surface area contributed by atoms with Gasteiger partial charge in [0.1, 0.15) is 11.6 Å². The second kappa shape index (κ2) is 7.11. The number of ether oxygens (including phenoxy) is 1. The molecule has 6 heteroatoms. The molecule has 3 aromatic rings. The van der Waals surface area contributed by atoms with Crippen molar-refractivity contribution in [3.05, 3.63) is 65.3 Å². The molecule has 5 nitrogen and oxygen atoms in total. The van der Waals surface area contributed by atoms with E-state index in [-0.39, 0.29) is 0 Å². The lowest BCUT2D eigenvalue weighted by molar-refractivity contribution is 0.417. The molecule has 0 aliphatic heterocycles. The quantitative estimate of drug-likeness (QED) is 0.679. The average molecular weight is 371 g/mol. The minimum absolute atomic E-state index is 0.495. The Bertz CT molecular complexity index is 810. The summed E-state index contributed by atoms with van der Waals surface area (Å²) in [6.07, 6.45) is 1.70. The van der Waals surface area contributed by atoms with E-state index in [4.69, 9.17) is 4.74 Å². The summed E-state index contributed by atoms with van der Waals surface area (Å²) in [4.78, 5) is 8.71. The third-order valence-electron chi connectivity index (χ3n) is 3.11. The number of hydrogen-bond acceptors (Lipinski definition) is 5. The molecule has 0 bridgehead atoms. The molecular formula is C17H15BrN4O. The van der Waals surface area contributed by atoms with E-state index in [0.717, 1.165) is 21.6 Å². The number of anilines is 4. The lowest BCUT2D eigenvalue weighted by Crippen LogP contribution is -2.01. The number of benzene rings is 2. The molecule has 2 N–H and O–H groups in total. The fraction of sp³-hybridized carbons (Fsp3) is 0.0588. The average Bonchev–Trinajstić information content (AvgIpc) is 2.56. The van der Waals surface area contributed by atoms with Crippen LogP contribution in [-0.2, 0) is 0 Å². The van der Waals surface area contributed by atoms with Crippen LogP contribution in [0.3, 0.4) is 0 Å². The number of para-hydroxylation sites is 2. The minimum Gasteiger partial charge on any atom is -0.495 e. The Morgan fingerprint density at radius 1 is 1.00 bits per heavy atom. The predicted molar refractivity (Wildman–Crippen MR) is 95.7 cm³/mol. The highest BCUT2D eigenvalue weighted by Gasteiger charge is 2.05. The van der Waals surface area contributed by atoms with Gasteiger partial charge in [-0.15, -0.1) is 0 Å². The van der Waals surface area contributed by atoms with E-state index in [0.29, 0.717) is 11.8 Å². The number of hydrogen-bond donors (Lipinski definition) is 2. The van der Waals surface area contributed by atoms with Gasteiger partial charge < -0.3 is 15.4 Å². The molecule has 0 saturated carbocycles. The first kappa shape index (κ1) is 15.3. The van der Waals surface area contributed by atoms with Crippen LogP contribution in [0.25, 0.3) is 0 Å². The maximum Gasteiger partial charge on any atom is 0.229 e. The van der Waals surface area contributed by atoms with Gasteiger partial charge in [0.2, 0.25) is 5.95 Å². The van der Waals surface area contributed by atoms with E-state index in [1.807, 2.05) is 54.6 Å². The van der Waals surface area contributed by atoms with E-state index < -0.39 is 0 Å². The van der Waals surface area contributed by atoms with Crippen LogP contribution in [0.4, 0.5) is 23.1 Å². The molecule has 0 amide bonds. The number of aromatic nitrogens is 2. The monoisotopic (exact) mass is 370 g/mol. The molecule has 0 aliphatic carbocycles. The van der Waals surface area contributed by atoms with Gasteiger partial charge in [0.15, 0.2) is 0 Å². The van der Waals surface area contributed by atoms with Crippen molar-refractivity contribution in [2.75, 3.05) is 17.7 Å². The molecule has 0 spiro atoms. The minimum atomic E-state index is 0.495. The summed E-state index contributed by atoms with van der Waals surface area (Å²) < 4.78 is 6.32. The first-order valence-electron chi connectivity index (χ1n) is 7.00. The fourth-order valence-electron chi connectivity index (χ4n) is 2.07. The highest BCUT2D eigenvalue weighted by Crippen LogP contribution is 2.26. The molecule has 23 heavy (non-hydrogen) atoms. The third-order valence-corrected chi connectivity index (χ3v) is 3.60. The van der Waals surface area contributed by atoms with Crippen molar-refractivity contribution in [2.45, 2.75) is 0 Å². The summed E-state index contributed by atoms with van der Waals surface area (Å²) in [5.41, 5.74) is 1.76. The molecular weight excluding hydrogens is 356 g/mol. The zero-order chi connectivity index (χ0) is 16.1. The number of nitrogens with one attached hydrogen (secondary N) is 2. The van der Waals surface area contributed by atoms with Crippen LogP contribution < -0.4 is 15.4 Å². The maximum absolute atomic E-state index is 5.32. The van der Waals surface area contributed by atoms with Crippen molar-refractivity contribution in [2.24, 2.45) is 0 Å². The van der Waals surface area contributed by atoms with Crippen molar-refractivity contribution in [1.29, 1.82) is 0 Å². The second-order valence-electron chi connectivity index (χ2n) is 4.73. The molecule has 0 unspecified atom stereocenters. The van der Waals surface area contributed by atoms with Gasteiger partial charge in [-0.25, -0.2) is 4.98 Å². The van der Waals surface area contributed by atoms with Crippen LogP contribution in [-0.4, -0.2) is 17.1 Å². The van der Waals surface area contributed by atoms with Crippen molar-refractivity contribution in [3.63, 3.8) is 0 Å². The first-order valence-corrected chi connectivity index (χ1v) is 7.79. The Morgan fingerprint density at radius 2 is 1.87 bits per heavy atom. The van der Waals surface area contributed by atoms with Gasteiger partial charge >= 0.3 is 0 Å². The van der Waals surface area contributed by atoms with Gasteiger partial charge in [-0.1, -0.05) is 34.1 Å². The summed E-state index contributed by atoms with van der Waals surface area (Å²) in [7, 11) is 1.63. The van der Waals surface area contributed by atoms with E-state index in [1.54, 1.807) is 13.3 Å². The zero-order valence-electron chi connectivity index (χ0n) is 12.5. The SMILES string of the molecule is COc1ccccc1Nc1nccc(Nc2cccc(Br)c2)n1. The Labute approximate surface area is 142 Å². The van der Waals surface area contributed by atoms with Gasteiger partial charge in [0.05, 0.1) is 12.8 Å². The number of methoxy groups -OCH3 is 1. The normalized spacial score (nSPS) is 10.2. The number of rotatable bonds is 5. The van der Waals surface area contributed by atoms with Crippen molar-refractivity contribution in [1.82, 2.24) is 9.97 Å². The molecule has 116 valence electrons. The van der Waals surface area contributed by atoms with Crippen molar-refractivity contribution < 1.29 is 4.74 Å². The van der Waals surface area contributed by atoms with Crippen LogP contribution in [0.1, 0.15) is 0 Å². The Morgan fingerprint density at radius 3 is 2.70 bits per heavy atom. The molecule has 1 aromatic heterocycles. The van der Waals surface area contributed by atoms with E-state index >= 15 is 0 Å². The van der Waals surface area contributed by atoms with Crippen LogP contribution >= 0.6 is 15.9 Å². The fourth-order valence-corrected chi connectivity index (χ4v) is 2.47. The van der Waals surface area contributed by atoms with E-state index in [1.165, 1.54) is 0 Å². The van der Waals surface area contributed by atoms with E-state index in [2.05, 4.69) is 36.5 Å². The first-order chi connectivity index (χ1) is 11.2. The lowest BCUT2D eigenvalue weighted by atomic mass is 10.3. The van der Waals surface area contributed by atoms with Gasteiger partial charge in [0.25, 0.3) is 0 Å². The smallest absolute Gasteiger partial charge is 0.229 e. The molecule has 3 rings (SSSR count). The molecule has 0 atom stereocenters. The Hall–Kier alpha value is -2.60. The maximum atomic E-state index is 5.32. The van der Waals surface area contributed by atoms with Gasteiger partial charge in [-0.05, 0) is 36.4 Å². The molecule has 0 fully saturated rings. The summed E-state index contributed by atoms with van der Waals surface area (Å²) in [6.45, 7) is 0. The summed E-state index contributed by atoms with van der Waals surface area (Å²) in [6, 6.07) is 17.3. The predicted octanol–water partition coefficient (Wildman–Crippen LogP) is 4.73.